The van der Waals surface area contributed by atoms with E-state index in [1.54, 1.807) is 21.1 Å². The van der Waals surface area contributed by atoms with Crippen LogP contribution in [0.2, 0.25) is 0 Å². The van der Waals surface area contributed by atoms with Crippen LogP contribution in [0.4, 0.5) is 4.79 Å². The van der Waals surface area contributed by atoms with E-state index in [0.717, 1.165) is 42.0 Å². The fourth-order valence-corrected chi connectivity index (χ4v) is 4.42. The highest BCUT2D eigenvalue weighted by molar-refractivity contribution is 6.07. The number of nitrogens with one attached hydrogen (secondary N) is 1. The van der Waals surface area contributed by atoms with Gasteiger partial charge in [-0.2, -0.15) is 0 Å². The molecule has 7 nitrogen and oxygen atoms in total. The molecule has 0 radical (unpaired) electrons. The van der Waals surface area contributed by atoms with Gasteiger partial charge in [-0.1, -0.05) is 36.4 Å². The molecule has 3 amide bonds. The molecule has 0 unspecified atom stereocenters. The van der Waals surface area contributed by atoms with Gasteiger partial charge in [0.25, 0.3) is 5.91 Å². The number of rotatable bonds is 6. The molecule has 0 aromatic heterocycles. The van der Waals surface area contributed by atoms with Crippen molar-refractivity contribution in [3.63, 3.8) is 0 Å². The number of imide groups is 1. The van der Waals surface area contributed by atoms with E-state index in [0.29, 0.717) is 0 Å². The Balaban J connectivity index is 1.57. The van der Waals surface area contributed by atoms with E-state index in [-0.39, 0.29) is 24.6 Å². The molecule has 30 heavy (non-hydrogen) atoms. The van der Waals surface area contributed by atoms with Crippen LogP contribution in [0.25, 0.3) is 0 Å². The second-order valence-electron chi connectivity index (χ2n) is 7.87. The maximum absolute atomic E-state index is 13.3. The van der Waals surface area contributed by atoms with E-state index >= 15 is 0 Å². The first-order valence-corrected chi connectivity index (χ1v) is 10.1. The number of carbonyl (C=O) groups excluding carboxylic acids is 2. The minimum absolute atomic E-state index is 0.0648. The molecule has 0 bridgehead atoms. The van der Waals surface area contributed by atoms with Crippen molar-refractivity contribution in [2.45, 2.75) is 31.3 Å². The third-order valence-electron chi connectivity index (χ3n) is 6.11. The Morgan fingerprint density at radius 3 is 2.57 bits per heavy atom. The topological polar surface area (TPSA) is 71.1 Å². The van der Waals surface area contributed by atoms with E-state index in [4.69, 9.17) is 9.47 Å². The van der Waals surface area contributed by atoms with E-state index < -0.39 is 5.54 Å². The van der Waals surface area contributed by atoms with E-state index in [1.807, 2.05) is 48.5 Å². The summed E-state index contributed by atoms with van der Waals surface area (Å²) >= 11 is 0. The molecule has 158 valence electrons. The monoisotopic (exact) mass is 409 g/mol. The fourth-order valence-electron chi connectivity index (χ4n) is 4.42. The number of urea groups is 1. The predicted octanol–water partition coefficient (Wildman–Crippen LogP) is 3.27. The highest BCUT2D eigenvalue weighted by Crippen LogP contribution is 2.39. The van der Waals surface area contributed by atoms with Crippen LogP contribution in [0.5, 0.6) is 11.5 Å². The number of likely N-dealkylation sites (tertiary alicyclic amines) is 1. The third-order valence-corrected chi connectivity index (χ3v) is 6.11. The molecule has 1 N–H and O–H groups in total. The van der Waals surface area contributed by atoms with Gasteiger partial charge in [0.15, 0.2) is 0 Å². The van der Waals surface area contributed by atoms with Gasteiger partial charge in [0.05, 0.1) is 20.9 Å². The molecule has 4 rings (SSSR count). The van der Waals surface area contributed by atoms with Gasteiger partial charge in [0.1, 0.15) is 17.0 Å². The van der Waals surface area contributed by atoms with Crippen molar-refractivity contribution < 1.29 is 19.1 Å². The summed E-state index contributed by atoms with van der Waals surface area (Å²) in [6.45, 7) is 2.81. The van der Waals surface area contributed by atoms with Crippen molar-refractivity contribution in [1.82, 2.24) is 15.1 Å². The lowest BCUT2D eigenvalue weighted by Gasteiger charge is -2.29. The first kappa shape index (κ1) is 20.2. The normalized spacial score (nSPS) is 24.2. The maximum atomic E-state index is 13.3. The quantitative estimate of drug-likeness (QED) is 0.742. The highest BCUT2D eigenvalue weighted by Gasteiger charge is 2.49. The second-order valence-corrected chi connectivity index (χ2v) is 7.87. The van der Waals surface area contributed by atoms with Gasteiger partial charge < -0.3 is 14.8 Å². The van der Waals surface area contributed by atoms with Crippen molar-refractivity contribution in [3.8, 4) is 11.5 Å². The lowest BCUT2D eigenvalue weighted by Crippen LogP contribution is -2.43. The predicted molar refractivity (Wildman–Crippen MR) is 112 cm³/mol. The maximum Gasteiger partial charge on any atom is 0.326 e. The summed E-state index contributed by atoms with van der Waals surface area (Å²) in [7, 11) is 3.26. The van der Waals surface area contributed by atoms with Crippen LogP contribution in [0.1, 0.15) is 36.9 Å². The summed E-state index contributed by atoms with van der Waals surface area (Å²) in [6.07, 6.45) is 1.92. The molecule has 0 aliphatic carbocycles. The molecule has 0 spiro atoms. The van der Waals surface area contributed by atoms with Crippen molar-refractivity contribution in [2.24, 2.45) is 0 Å². The molecule has 0 saturated carbocycles. The lowest BCUT2D eigenvalue weighted by atomic mass is 9.92. The van der Waals surface area contributed by atoms with Crippen LogP contribution >= 0.6 is 0 Å². The van der Waals surface area contributed by atoms with E-state index in [1.165, 1.54) is 4.90 Å². The Morgan fingerprint density at radius 2 is 1.87 bits per heavy atom. The average Bonchev–Trinajstić information content (AvgIpc) is 3.32. The molecule has 2 aromatic rings. The van der Waals surface area contributed by atoms with Crippen molar-refractivity contribution >= 4 is 11.9 Å². The van der Waals surface area contributed by atoms with Crippen LogP contribution in [-0.2, 0) is 10.3 Å². The van der Waals surface area contributed by atoms with Gasteiger partial charge in [-0.05, 0) is 31.4 Å². The first-order chi connectivity index (χ1) is 14.5. The van der Waals surface area contributed by atoms with Gasteiger partial charge in [-0.3, -0.25) is 9.69 Å². The van der Waals surface area contributed by atoms with Gasteiger partial charge in [0, 0.05) is 24.2 Å². The zero-order valence-corrected chi connectivity index (χ0v) is 17.6. The molecule has 7 heteroatoms. The van der Waals surface area contributed by atoms with Gasteiger partial charge in [0.2, 0.25) is 0 Å². The Labute approximate surface area is 176 Å². The molecule has 2 aliphatic rings. The van der Waals surface area contributed by atoms with Gasteiger partial charge >= 0.3 is 6.03 Å². The standard InChI is InChI=1S/C23H27N3O4/c1-23(16-8-5-4-6-9-16)21(27)26(22(28)24-23)15-25-13-7-10-19(25)18-12-11-17(29-2)14-20(18)30-3/h4-6,8-9,11-12,14,19H,7,10,13,15H2,1-3H3,(H,24,28)/t19-,23-/m1/s1. The number of hydrogen-bond acceptors (Lipinski definition) is 5. The Hall–Kier alpha value is -3.06. The molecule has 2 heterocycles. The van der Waals surface area contributed by atoms with Crippen LogP contribution in [0, 0.1) is 0 Å². The Kier molecular flexibility index (Phi) is 5.39. The molecule has 2 fully saturated rings. The number of hydrogen-bond donors (Lipinski definition) is 1. The molecule has 2 saturated heterocycles. The van der Waals surface area contributed by atoms with E-state index in [9.17, 15) is 9.59 Å². The summed E-state index contributed by atoms with van der Waals surface area (Å²) in [5.74, 6) is 1.25. The number of methoxy groups -OCH3 is 2. The van der Waals surface area contributed by atoms with Crippen molar-refractivity contribution in [1.29, 1.82) is 0 Å². The minimum Gasteiger partial charge on any atom is -0.497 e. The molecule has 2 aromatic carbocycles. The summed E-state index contributed by atoms with van der Waals surface area (Å²) in [4.78, 5) is 29.5. The minimum atomic E-state index is -1.05. The summed E-state index contributed by atoms with van der Waals surface area (Å²) in [5, 5.41) is 2.88. The number of nitrogens with zero attached hydrogens (tertiary/aromatic N) is 2. The highest BCUT2D eigenvalue weighted by atomic mass is 16.5. The average molecular weight is 409 g/mol. The fraction of sp³-hybridized carbons (Fsp3) is 0.391. The molecular formula is C23H27N3O4. The zero-order valence-electron chi connectivity index (χ0n) is 17.6. The largest absolute Gasteiger partial charge is 0.497 e. The Morgan fingerprint density at radius 1 is 1.10 bits per heavy atom. The van der Waals surface area contributed by atoms with E-state index in [2.05, 4.69) is 10.2 Å². The van der Waals surface area contributed by atoms with Crippen LogP contribution in [0.15, 0.2) is 48.5 Å². The zero-order chi connectivity index (χ0) is 21.3. The van der Waals surface area contributed by atoms with Gasteiger partial charge in [-0.25, -0.2) is 9.69 Å². The summed E-state index contributed by atoms with van der Waals surface area (Å²) < 4.78 is 10.9. The molecular weight excluding hydrogens is 382 g/mol. The van der Waals surface area contributed by atoms with Crippen molar-refractivity contribution in [2.75, 3.05) is 27.4 Å². The number of amides is 3. The second kappa shape index (κ2) is 7.99. The van der Waals surface area contributed by atoms with Crippen LogP contribution in [0.3, 0.4) is 0 Å². The lowest BCUT2D eigenvalue weighted by molar-refractivity contribution is -0.132. The van der Waals surface area contributed by atoms with Crippen LogP contribution in [-0.4, -0.2) is 49.2 Å². The van der Waals surface area contributed by atoms with Gasteiger partial charge in [-0.15, -0.1) is 0 Å². The number of benzene rings is 2. The number of carbonyl (C=O) groups is 2. The third kappa shape index (κ3) is 3.39. The molecule has 2 aliphatic heterocycles. The summed E-state index contributed by atoms with van der Waals surface area (Å²) in [5.41, 5.74) is 0.764. The van der Waals surface area contributed by atoms with Crippen LogP contribution < -0.4 is 14.8 Å². The first-order valence-electron chi connectivity index (χ1n) is 10.1. The smallest absolute Gasteiger partial charge is 0.326 e. The molecule has 2 atom stereocenters. The van der Waals surface area contributed by atoms with Crippen molar-refractivity contribution in [3.05, 3.63) is 59.7 Å². The SMILES string of the molecule is COc1ccc([C@H]2CCCN2CN2C(=O)N[C@](C)(c3ccccc3)C2=O)c(OC)c1. The number of ether oxygens (including phenoxy) is 2. The summed E-state index contributed by atoms with van der Waals surface area (Å²) in [6, 6.07) is 14.8. The Bertz CT molecular complexity index is 949.